The van der Waals surface area contributed by atoms with Crippen molar-refractivity contribution in [1.29, 1.82) is 0 Å². The Labute approximate surface area is 130 Å². The average molecular weight is 303 g/mol. The van der Waals surface area contributed by atoms with Gasteiger partial charge in [-0.1, -0.05) is 41.9 Å². The molecule has 2 N–H and O–H groups in total. The first-order valence-electron chi connectivity index (χ1n) is 7.15. The largest absolute Gasteiger partial charge is 0.399 e. The standard InChI is InChI=1S/C17H19ClN2O/c18-16-7-2-1-6-15(16)17-12-20(8-9-21-17)11-13-4-3-5-14(19)10-13/h1-7,10,17H,8-9,11-12,19H2. The fourth-order valence-electron chi connectivity index (χ4n) is 2.72. The highest BCUT2D eigenvalue weighted by atomic mass is 35.5. The molecule has 1 atom stereocenters. The molecule has 1 fully saturated rings. The van der Waals surface area contributed by atoms with Crippen LogP contribution in [0.2, 0.25) is 5.02 Å². The zero-order valence-electron chi connectivity index (χ0n) is 11.8. The quantitative estimate of drug-likeness (QED) is 0.882. The van der Waals surface area contributed by atoms with E-state index in [0.29, 0.717) is 0 Å². The number of anilines is 1. The lowest BCUT2D eigenvalue weighted by molar-refractivity contribution is -0.0328. The van der Waals surface area contributed by atoms with E-state index in [1.54, 1.807) is 0 Å². The number of rotatable bonds is 3. The van der Waals surface area contributed by atoms with Crippen molar-refractivity contribution in [2.75, 3.05) is 25.4 Å². The van der Waals surface area contributed by atoms with Crippen molar-refractivity contribution >= 4 is 17.3 Å². The second kappa shape index (κ2) is 6.48. The maximum absolute atomic E-state index is 6.27. The summed E-state index contributed by atoms with van der Waals surface area (Å²) in [5, 5.41) is 0.772. The first-order chi connectivity index (χ1) is 10.2. The smallest absolute Gasteiger partial charge is 0.0966 e. The van der Waals surface area contributed by atoms with E-state index >= 15 is 0 Å². The van der Waals surface area contributed by atoms with E-state index in [2.05, 4.69) is 11.0 Å². The van der Waals surface area contributed by atoms with Gasteiger partial charge in [0.05, 0.1) is 12.7 Å². The molecule has 1 heterocycles. The number of hydrogen-bond donors (Lipinski definition) is 1. The van der Waals surface area contributed by atoms with Crippen molar-refractivity contribution in [1.82, 2.24) is 4.90 Å². The van der Waals surface area contributed by atoms with Crippen LogP contribution in [0.4, 0.5) is 5.69 Å². The third-order valence-electron chi connectivity index (χ3n) is 3.76. The molecule has 0 bridgehead atoms. The Morgan fingerprint density at radius 3 is 2.86 bits per heavy atom. The van der Waals surface area contributed by atoms with Gasteiger partial charge in [0.1, 0.15) is 0 Å². The first kappa shape index (κ1) is 14.4. The highest BCUT2D eigenvalue weighted by Gasteiger charge is 2.23. The zero-order valence-corrected chi connectivity index (χ0v) is 12.6. The minimum Gasteiger partial charge on any atom is -0.399 e. The van der Waals surface area contributed by atoms with Crippen LogP contribution in [0.5, 0.6) is 0 Å². The summed E-state index contributed by atoms with van der Waals surface area (Å²) >= 11 is 6.27. The van der Waals surface area contributed by atoms with Crippen LogP contribution in [0.1, 0.15) is 17.2 Å². The molecule has 1 aliphatic heterocycles. The first-order valence-corrected chi connectivity index (χ1v) is 7.53. The van der Waals surface area contributed by atoms with Gasteiger partial charge in [0.25, 0.3) is 0 Å². The van der Waals surface area contributed by atoms with Crippen molar-refractivity contribution in [3.63, 3.8) is 0 Å². The maximum atomic E-state index is 6.27. The predicted molar refractivity (Wildman–Crippen MR) is 86.3 cm³/mol. The van der Waals surface area contributed by atoms with Crippen LogP contribution in [0.3, 0.4) is 0 Å². The lowest BCUT2D eigenvalue weighted by Gasteiger charge is -2.33. The third-order valence-corrected chi connectivity index (χ3v) is 4.10. The van der Waals surface area contributed by atoms with Crippen molar-refractivity contribution < 1.29 is 4.74 Å². The van der Waals surface area contributed by atoms with Gasteiger partial charge in [-0.15, -0.1) is 0 Å². The van der Waals surface area contributed by atoms with Crippen LogP contribution in [0, 0.1) is 0 Å². The molecule has 21 heavy (non-hydrogen) atoms. The summed E-state index contributed by atoms with van der Waals surface area (Å²) in [5.41, 5.74) is 8.95. The number of hydrogen-bond acceptors (Lipinski definition) is 3. The van der Waals surface area contributed by atoms with Gasteiger partial charge < -0.3 is 10.5 Å². The van der Waals surface area contributed by atoms with E-state index in [9.17, 15) is 0 Å². The SMILES string of the molecule is Nc1cccc(CN2CCOC(c3ccccc3Cl)C2)c1. The van der Waals surface area contributed by atoms with Gasteiger partial charge >= 0.3 is 0 Å². The second-order valence-electron chi connectivity index (χ2n) is 5.36. The third kappa shape index (κ3) is 3.56. The molecule has 4 heteroatoms. The molecule has 1 saturated heterocycles. The summed E-state index contributed by atoms with van der Waals surface area (Å²) in [6, 6.07) is 15.9. The van der Waals surface area contributed by atoms with Crippen LogP contribution < -0.4 is 5.73 Å². The van der Waals surface area contributed by atoms with Gasteiger partial charge in [0.15, 0.2) is 0 Å². The van der Waals surface area contributed by atoms with Crippen LogP contribution >= 0.6 is 11.6 Å². The van der Waals surface area contributed by atoms with Crippen molar-refractivity contribution in [2.24, 2.45) is 0 Å². The molecule has 1 aliphatic rings. The second-order valence-corrected chi connectivity index (χ2v) is 5.77. The zero-order chi connectivity index (χ0) is 14.7. The summed E-state index contributed by atoms with van der Waals surface area (Å²) in [7, 11) is 0. The van der Waals surface area contributed by atoms with E-state index in [0.717, 1.165) is 42.5 Å². The summed E-state index contributed by atoms with van der Waals surface area (Å²) in [6.07, 6.45) is 0.0357. The summed E-state index contributed by atoms with van der Waals surface area (Å²) in [5.74, 6) is 0. The van der Waals surface area contributed by atoms with Gasteiger partial charge in [-0.25, -0.2) is 0 Å². The Hall–Kier alpha value is -1.55. The van der Waals surface area contributed by atoms with Gasteiger partial charge in [-0.2, -0.15) is 0 Å². The number of nitrogens with zero attached hydrogens (tertiary/aromatic N) is 1. The normalized spacial score (nSPS) is 19.6. The lowest BCUT2D eigenvalue weighted by Crippen LogP contribution is -2.37. The predicted octanol–water partition coefficient (Wildman–Crippen LogP) is 3.50. The molecule has 2 aromatic rings. The van der Waals surface area contributed by atoms with Crippen LogP contribution in [-0.4, -0.2) is 24.6 Å². The number of morpholine rings is 1. The van der Waals surface area contributed by atoms with Crippen molar-refractivity contribution in [3.8, 4) is 0 Å². The maximum Gasteiger partial charge on any atom is 0.0966 e. The molecule has 2 aromatic carbocycles. The summed E-state index contributed by atoms with van der Waals surface area (Å²) in [6.45, 7) is 3.38. The van der Waals surface area contributed by atoms with E-state index in [-0.39, 0.29) is 6.10 Å². The lowest BCUT2D eigenvalue weighted by atomic mass is 10.1. The van der Waals surface area contributed by atoms with E-state index in [1.807, 2.05) is 42.5 Å². The van der Waals surface area contributed by atoms with E-state index < -0.39 is 0 Å². The molecule has 3 rings (SSSR count). The Balaban J connectivity index is 1.70. The molecule has 0 aromatic heterocycles. The summed E-state index contributed by atoms with van der Waals surface area (Å²) < 4.78 is 5.89. The molecule has 110 valence electrons. The monoisotopic (exact) mass is 302 g/mol. The molecule has 0 amide bonds. The fraction of sp³-hybridized carbons (Fsp3) is 0.294. The van der Waals surface area contributed by atoms with Crippen LogP contribution in [0.25, 0.3) is 0 Å². The Morgan fingerprint density at radius 2 is 2.05 bits per heavy atom. The van der Waals surface area contributed by atoms with E-state index in [4.69, 9.17) is 22.1 Å². The average Bonchev–Trinajstić information content (AvgIpc) is 2.48. The Kier molecular flexibility index (Phi) is 4.44. The molecule has 0 saturated carbocycles. The topological polar surface area (TPSA) is 38.5 Å². The van der Waals surface area contributed by atoms with Crippen molar-refractivity contribution in [2.45, 2.75) is 12.6 Å². The molecular formula is C17H19ClN2O. The van der Waals surface area contributed by atoms with Crippen LogP contribution in [0.15, 0.2) is 48.5 Å². The highest BCUT2D eigenvalue weighted by molar-refractivity contribution is 6.31. The van der Waals surface area contributed by atoms with Crippen molar-refractivity contribution in [3.05, 3.63) is 64.7 Å². The number of nitrogen functional groups attached to an aromatic ring is 1. The number of ether oxygens (including phenoxy) is 1. The number of nitrogens with two attached hydrogens (primary N) is 1. The number of halogens is 1. The van der Waals surface area contributed by atoms with Gasteiger partial charge in [-0.3, -0.25) is 4.90 Å². The van der Waals surface area contributed by atoms with Gasteiger partial charge in [0.2, 0.25) is 0 Å². The molecule has 3 nitrogen and oxygen atoms in total. The molecular weight excluding hydrogens is 284 g/mol. The minimum atomic E-state index is 0.0357. The molecule has 0 spiro atoms. The van der Waals surface area contributed by atoms with E-state index in [1.165, 1.54) is 5.56 Å². The minimum absolute atomic E-state index is 0.0357. The fourth-order valence-corrected chi connectivity index (χ4v) is 2.98. The highest BCUT2D eigenvalue weighted by Crippen LogP contribution is 2.28. The Morgan fingerprint density at radius 1 is 1.19 bits per heavy atom. The molecule has 1 unspecified atom stereocenters. The molecule has 0 aliphatic carbocycles. The van der Waals surface area contributed by atoms with Crippen LogP contribution in [-0.2, 0) is 11.3 Å². The van der Waals surface area contributed by atoms with Gasteiger partial charge in [-0.05, 0) is 23.8 Å². The van der Waals surface area contributed by atoms with Gasteiger partial charge in [0, 0.05) is 35.9 Å². The molecule has 0 radical (unpaired) electrons. The Bertz CT molecular complexity index is 617. The number of benzene rings is 2. The summed E-state index contributed by atoms with van der Waals surface area (Å²) in [4.78, 5) is 2.38.